The predicted molar refractivity (Wildman–Crippen MR) is 66.6 cm³/mol. The second kappa shape index (κ2) is 4.73. The van der Waals surface area contributed by atoms with Crippen LogP contribution in [0.5, 0.6) is 0 Å². The van der Waals surface area contributed by atoms with E-state index >= 15 is 0 Å². The predicted octanol–water partition coefficient (Wildman–Crippen LogP) is 3.65. The summed E-state index contributed by atoms with van der Waals surface area (Å²) in [5.41, 5.74) is 4.37. The van der Waals surface area contributed by atoms with E-state index in [9.17, 15) is 0 Å². The van der Waals surface area contributed by atoms with E-state index in [1.807, 2.05) is 47.4 Å². The summed E-state index contributed by atoms with van der Waals surface area (Å²) in [6.07, 6.45) is 3.91. The minimum Gasteiger partial charge on any atom is -0.322 e. The Balaban J connectivity index is 2.07. The lowest BCUT2D eigenvalue weighted by Gasteiger charge is -2.09. The van der Waals surface area contributed by atoms with E-state index in [4.69, 9.17) is 11.6 Å². The lowest BCUT2D eigenvalue weighted by Crippen LogP contribution is -2.12. The van der Waals surface area contributed by atoms with Crippen LogP contribution >= 0.6 is 27.5 Å². The molecule has 2 aromatic rings. The zero-order chi connectivity index (χ0) is 10.7. The molecule has 1 heterocycles. The average Bonchev–Trinajstić information content (AvgIpc) is 2.72. The van der Waals surface area contributed by atoms with Gasteiger partial charge < -0.3 is 5.43 Å². The monoisotopic (exact) mass is 284 g/mol. The Morgan fingerprint density at radius 1 is 1.27 bits per heavy atom. The molecule has 0 fully saturated rings. The van der Waals surface area contributed by atoms with E-state index in [1.54, 1.807) is 0 Å². The minimum atomic E-state index is 0.732. The number of nitrogens with zero attached hydrogens (tertiary/aromatic N) is 1. The number of halogens is 2. The van der Waals surface area contributed by atoms with E-state index < -0.39 is 0 Å². The van der Waals surface area contributed by atoms with E-state index in [-0.39, 0.29) is 0 Å². The quantitative estimate of drug-likeness (QED) is 0.911. The van der Waals surface area contributed by atoms with Gasteiger partial charge in [-0.05, 0) is 35.9 Å². The first-order valence-corrected chi connectivity index (χ1v) is 5.73. The zero-order valence-electron chi connectivity index (χ0n) is 7.95. The van der Waals surface area contributed by atoms with Gasteiger partial charge in [0.25, 0.3) is 0 Å². The molecule has 0 amide bonds. The van der Waals surface area contributed by atoms with E-state index in [0.717, 1.165) is 21.6 Å². The van der Waals surface area contributed by atoms with Gasteiger partial charge >= 0.3 is 0 Å². The molecule has 0 aliphatic carbocycles. The fourth-order valence-electron chi connectivity index (χ4n) is 1.30. The number of benzene rings is 1. The molecule has 1 aromatic heterocycles. The molecule has 0 aliphatic heterocycles. The summed E-state index contributed by atoms with van der Waals surface area (Å²) >= 11 is 9.41. The maximum Gasteiger partial charge on any atom is 0.0575 e. The number of nitrogens with one attached hydrogen (secondary N) is 1. The van der Waals surface area contributed by atoms with E-state index in [2.05, 4.69) is 21.4 Å². The van der Waals surface area contributed by atoms with E-state index in [0.29, 0.717) is 0 Å². The normalized spacial score (nSPS) is 10.3. The summed E-state index contributed by atoms with van der Waals surface area (Å²) in [6, 6.07) is 9.71. The van der Waals surface area contributed by atoms with Crippen molar-refractivity contribution >= 4 is 27.5 Å². The first-order chi connectivity index (χ1) is 7.25. The van der Waals surface area contributed by atoms with Gasteiger partial charge in [-0.3, -0.25) is 4.68 Å². The molecule has 0 saturated heterocycles. The molecular weight excluding hydrogens is 275 g/mol. The van der Waals surface area contributed by atoms with Gasteiger partial charge in [-0.15, -0.1) is 0 Å². The van der Waals surface area contributed by atoms with Crippen LogP contribution in [0.15, 0.2) is 47.2 Å². The summed E-state index contributed by atoms with van der Waals surface area (Å²) in [5.74, 6) is 0. The fourth-order valence-corrected chi connectivity index (χ4v) is 1.88. The van der Waals surface area contributed by atoms with Gasteiger partial charge in [0, 0.05) is 21.9 Å². The molecule has 2 rings (SSSR count). The fraction of sp³-hybridized carbons (Fsp3) is 0.0909. The Bertz CT molecular complexity index is 440. The maximum absolute atomic E-state index is 5.92. The largest absolute Gasteiger partial charge is 0.322 e. The van der Waals surface area contributed by atoms with Gasteiger partial charge in [-0.25, -0.2) is 0 Å². The molecule has 0 unspecified atom stereocenters. The molecule has 0 bridgehead atoms. The SMILES string of the molecule is Clc1ccc(Br)c(CNn2cccc2)c1. The van der Waals surface area contributed by atoms with E-state index in [1.165, 1.54) is 0 Å². The van der Waals surface area contributed by atoms with Gasteiger partial charge in [0.1, 0.15) is 0 Å². The van der Waals surface area contributed by atoms with Crippen molar-refractivity contribution in [3.05, 3.63) is 57.8 Å². The highest BCUT2D eigenvalue weighted by atomic mass is 79.9. The summed E-state index contributed by atoms with van der Waals surface area (Å²) < 4.78 is 2.97. The molecule has 78 valence electrons. The summed E-state index contributed by atoms with van der Waals surface area (Å²) in [7, 11) is 0. The standard InChI is InChI=1S/C11H10BrClN2/c12-11-4-3-10(13)7-9(11)8-14-15-5-1-2-6-15/h1-7,14H,8H2. The van der Waals surface area contributed by atoms with Crippen LogP contribution in [0, 0.1) is 0 Å². The van der Waals surface area contributed by atoms with Gasteiger partial charge in [0.15, 0.2) is 0 Å². The minimum absolute atomic E-state index is 0.732. The van der Waals surface area contributed by atoms with Crippen molar-refractivity contribution in [3.8, 4) is 0 Å². The first kappa shape index (κ1) is 10.6. The van der Waals surface area contributed by atoms with Crippen molar-refractivity contribution in [1.82, 2.24) is 4.68 Å². The molecule has 2 nitrogen and oxygen atoms in total. The van der Waals surface area contributed by atoms with Gasteiger partial charge in [-0.1, -0.05) is 27.5 Å². The van der Waals surface area contributed by atoms with Gasteiger partial charge in [0.2, 0.25) is 0 Å². The molecule has 1 aromatic carbocycles. The van der Waals surface area contributed by atoms with Crippen LogP contribution in [0.2, 0.25) is 5.02 Å². The smallest absolute Gasteiger partial charge is 0.0575 e. The topological polar surface area (TPSA) is 17.0 Å². The Kier molecular flexibility index (Phi) is 3.34. The van der Waals surface area contributed by atoms with Crippen molar-refractivity contribution in [2.45, 2.75) is 6.54 Å². The summed E-state index contributed by atoms with van der Waals surface area (Å²) in [5, 5.41) is 0.752. The highest BCUT2D eigenvalue weighted by Crippen LogP contribution is 2.21. The zero-order valence-corrected chi connectivity index (χ0v) is 10.3. The molecule has 0 spiro atoms. The number of rotatable bonds is 3. The van der Waals surface area contributed by atoms with Crippen molar-refractivity contribution in [2.24, 2.45) is 0 Å². The van der Waals surface area contributed by atoms with Crippen LogP contribution in [-0.4, -0.2) is 4.68 Å². The van der Waals surface area contributed by atoms with Crippen LogP contribution in [0.25, 0.3) is 0 Å². The third-order valence-electron chi connectivity index (χ3n) is 2.06. The molecule has 0 aliphatic rings. The third kappa shape index (κ3) is 2.76. The lowest BCUT2D eigenvalue weighted by atomic mass is 10.2. The van der Waals surface area contributed by atoms with Crippen molar-refractivity contribution in [3.63, 3.8) is 0 Å². The molecule has 0 atom stereocenters. The Morgan fingerprint density at radius 2 is 2.00 bits per heavy atom. The number of hydrogen-bond donors (Lipinski definition) is 1. The highest BCUT2D eigenvalue weighted by Gasteiger charge is 2.00. The van der Waals surface area contributed by atoms with Crippen molar-refractivity contribution in [2.75, 3.05) is 5.43 Å². The lowest BCUT2D eigenvalue weighted by molar-refractivity contribution is 0.845. The Morgan fingerprint density at radius 3 is 2.73 bits per heavy atom. The van der Waals surface area contributed by atoms with Crippen LogP contribution in [0.1, 0.15) is 5.56 Å². The van der Waals surface area contributed by atoms with Gasteiger partial charge in [0.05, 0.1) is 6.54 Å². The first-order valence-electron chi connectivity index (χ1n) is 4.56. The molecule has 0 radical (unpaired) electrons. The highest BCUT2D eigenvalue weighted by molar-refractivity contribution is 9.10. The second-order valence-electron chi connectivity index (χ2n) is 3.16. The van der Waals surface area contributed by atoms with Gasteiger partial charge in [-0.2, -0.15) is 0 Å². The molecule has 15 heavy (non-hydrogen) atoms. The summed E-state index contributed by atoms with van der Waals surface area (Å²) in [4.78, 5) is 0. The summed E-state index contributed by atoms with van der Waals surface area (Å²) in [6.45, 7) is 0.732. The molecule has 0 saturated carbocycles. The number of aromatic nitrogens is 1. The Hall–Kier alpha value is -0.930. The average molecular weight is 286 g/mol. The van der Waals surface area contributed by atoms with Crippen molar-refractivity contribution < 1.29 is 0 Å². The number of hydrogen-bond acceptors (Lipinski definition) is 1. The second-order valence-corrected chi connectivity index (χ2v) is 4.45. The van der Waals surface area contributed by atoms with Crippen LogP contribution in [-0.2, 0) is 6.54 Å². The molecule has 4 heteroatoms. The third-order valence-corrected chi connectivity index (χ3v) is 3.07. The van der Waals surface area contributed by atoms with Crippen molar-refractivity contribution in [1.29, 1.82) is 0 Å². The Labute approximate surface area is 102 Å². The van der Waals surface area contributed by atoms with Crippen LogP contribution < -0.4 is 5.43 Å². The van der Waals surface area contributed by atoms with Crippen LogP contribution in [0.3, 0.4) is 0 Å². The molecular formula is C11H10BrClN2. The van der Waals surface area contributed by atoms with Crippen LogP contribution in [0.4, 0.5) is 0 Å². The molecule has 1 N–H and O–H groups in total. The maximum atomic E-state index is 5.92.